The average Bonchev–Trinajstić information content (AvgIpc) is 3.30. The van der Waals surface area contributed by atoms with E-state index in [1.165, 1.54) is 12.1 Å². The molecule has 8 nitrogen and oxygen atoms in total. The highest BCUT2D eigenvalue weighted by molar-refractivity contribution is 6.03. The van der Waals surface area contributed by atoms with Crippen molar-refractivity contribution in [1.82, 2.24) is 9.97 Å². The zero-order chi connectivity index (χ0) is 22.7. The summed E-state index contributed by atoms with van der Waals surface area (Å²) in [5, 5.41) is 25.8. The first-order chi connectivity index (χ1) is 15.5. The van der Waals surface area contributed by atoms with Crippen LogP contribution in [0.1, 0.15) is 33.3 Å². The predicted octanol–water partition coefficient (Wildman–Crippen LogP) is 2.41. The minimum absolute atomic E-state index is 0.111. The quantitative estimate of drug-likeness (QED) is 0.225. The van der Waals surface area contributed by atoms with Gasteiger partial charge in [-0.2, -0.15) is 0 Å². The van der Waals surface area contributed by atoms with Gasteiger partial charge >= 0.3 is 5.97 Å². The SMILES string of the molecule is Nc1ccc(Oc2cccc(-c3ncc(C(O)c4ccccc4)[nH]3)c2)c(C(=O)O)c1C=[NH2+]. The highest BCUT2D eigenvalue weighted by Gasteiger charge is 2.20. The van der Waals surface area contributed by atoms with Crippen LogP contribution in [0.4, 0.5) is 5.69 Å². The Kier molecular flexibility index (Phi) is 5.69. The van der Waals surface area contributed by atoms with E-state index in [-0.39, 0.29) is 22.6 Å². The molecule has 4 rings (SSSR count). The Bertz CT molecular complexity index is 1280. The summed E-state index contributed by atoms with van der Waals surface area (Å²) in [7, 11) is 0. The number of nitrogen functional groups attached to an aromatic ring is 1. The number of anilines is 1. The second-order valence-electron chi connectivity index (χ2n) is 7.04. The maximum atomic E-state index is 11.8. The molecule has 4 aromatic rings. The van der Waals surface area contributed by atoms with E-state index in [1.807, 2.05) is 36.4 Å². The normalized spacial score (nSPS) is 11.7. The summed E-state index contributed by atoms with van der Waals surface area (Å²) in [4.78, 5) is 19.3. The number of carboxylic acid groups (broad SMARTS) is 1. The van der Waals surface area contributed by atoms with Crippen molar-refractivity contribution < 1.29 is 25.2 Å². The highest BCUT2D eigenvalue weighted by Crippen LogP contribution is 2.32. The van der Waals surface area contributed by atoms with Crippen LogP contribution >= 0.6 is 0 Å². The Morgan fingerprint density at radius 2 is 1.91 bits per heavy atom. The maximum Gasteiger partial charge on any atom is 0.340 e. The van der Waals surface area contributed by atoms with E-state index in [4.69, 9.17) is 15.9 Å². The summed E-state index contributed by atoms with van der Waals surface area (Å²) in [6.45, 7) is 0. The maximum absolute atomic E-state index is 11.8. The van der Waals surface area contributed by atoms with E-state index in [0.29, 0.717) is 22.8 Å². The van der Waals surface area contributed by atoms with E-state index in [2.05, 4.69) is 9.97 Å². The van der Waals surface area contributed by atoms with E-state index >= 15 is 0 Å². The number of benzene rings is 3. The molecular formula is C24H21N4O4+. The number of aromatic carboxylic acids is 1. The molecule has 0 radical (unpaired) electrons. The van der Waals surface area contributed by atoms with Crippen molar-refractivity contribution in [2.45, 2.75) is 6.10 Å². The van der Waals surface area contributed by atoms with Crippen LogP contribution in [0.25, 0.3) is 11.4 Å². The van der Waals surface area contributed by atoms with Gasteiger partial charge in [0.05, 0.1) is 17.5 Å². The first kappa shape index (κ1) is 20.8. The number of carboxylic acids is 1. The van der Waals surface area contributed by atoms with Crippen molar-refractivity contribution in [1.29, 1.82) is 0 Å². The molecule has 1 heterocycles. The van der Waals surface area contributed by atoms with Gasteiger partial charge in [0.25, 0.3) is 0 Å². The minimum atomic E-state index is -1.20. The molecule has 3 aromatic carbocycles. The van der Waals surface area contributed by atoms with Crippen LogP contribution in [0.3, 0.4) is 0 Å². The lowest BCUT2D eigenvalue weighted by Gasteiger charge is -2.12. The lowest BCUT2D eigenvalue weighted by molar-refractivity contribution is -0.104. The Labute approximate surface area is 183 Å². The fourth-order valence-corrected chi connectivity index (χ4v) is 3.37. The summed E-state index contributed by atoms with van der Waals surface area (Å²) in [6.07, 6.45) is 1.88. The van der Waals surface area contributed by atoms with E-state index in [1.54, 1.807) is 24.4 Å². The first-order valence-corrected chi connectivity index (χ1v) is 9.75. The number of aromatic nitrogens is 2. The average molecular weight is 429 g/mol. The molecule has 1 unspecified atom stereocenters. The fraction of sp³-hybridized carbons (Fsp3) is 0.0417. The molecule has 0 aliphatic rings. The van der Waals surface area contributed by atoms with Crippen LogP contribution in [-0.2, 0) is 0 Å². The van der Waals surface area contributed by atoms with Crippen molar-refractivity contribution >= 4 is 17.9 Å². The number of nitrogens with two attached hydrogens (primary N) is 2. The number of imidazole rings is 1. The van der Waals surface area contributed by atoms with Gasteiger partial charge in [-0.3, -0.25) is 5.41 Å². The van der Waals surface area contributed by atoms with Crippen LogP contribution in [0, 0.1) is 0 Å². The third kappa shape index (κ3) is 4.07. The third-order valence-corrected chi connectivity index (χ3v) is 4.96. The molecule has 0 saturated carbocycles. The summed E-state index contributed by atoms with van der Waals surface area (Å²) in [5.74, 6) is -0.155. The van der Waals surface area contributed by atoms with Gasteiger partial charge in [0.15, 0.2) is 6.21 Å². The lowest BCUT2D eigenvalue weighted by atomic mass is 10.1. The van der Waals surface area contributed by atoms with Crippen molar-refractivity contribution in [3.05, 3.63) is 95.3 Å². The van der Waals surface area contributed by atoms with Gasteiger partial charge in [-0.15, -0.1) is 0 Å². The lowest BCUT2D eigenvalue weighted by Crippen LogP contribution is -2.31. The zero-order valence-electron chi connectivity index (χ0n) is 16.9. The number of hydrogen-bond donors (Lipinski definition) is 5. The monoisotopic (exact) mass is 429 g/mol. The Morgan fingerprint density at radius 3 is 2.62 bits per heavy atom. The van der Waals surface area contributed by atoms with Crippen molar-refractivity contribution in [3.63, 3.8) is 0 Å². The molecule has 160 valence electrons. The fourth-order valence-electron chi connectivity index (χ4n) is 3.37. The Hall–Kier alpha value is -4.43. The third-order valence-electron chi connectivity index (χ3n) is 4.96. The van der Waals surface area contributed by atoms with Crippen molar-refractivity contribution in [2.75, 3.05) is 5.73 Å². The molecule has 8 heteroatoms. The van der Waals surface area contributed by atoms with Crippen LogP contribution < -0.4 is 15.9 Å². The van der Waals surface area contributed by atoms with Gasteiger partial charge in [0, 0.05) is 11.3 Å². The minimum Gasteiger partial charge on any atom is -0.478 e. The van der Waals surface area contributed by atoms with Gasteiger partial charge in [-0.05, 0) is 29.8 Å². The zero-order valence-corrected chi connectivity index (χ0v) is 16.9. The van der Waals surface area contributed by atoms with Crippen LogP contribution in [-0.4, -0.2) is 32.4 Å². The van der Waals surface area contributed by atoms with Gasteiger partial charge in [0.2, 0.25) is 0 Å². The molecule has 7 N–H and O–H groups in total. The van der Waals surface area contributed by atoms with Crippen LogP contribution in [0.15, 0.2) is 72.9 Å². The molecule has 0 saturated heterocycles. The molecule has 1 aromatic heterocycles. The van der Waals surface area contributed by atoms with E-state index in [0.717, 1.165) is 11.8 Å². The summed E-state index contributed by atoms with van der Waals surface area (Å²) in [5.41, 5.74) is 8.15. The molecular weight excluding hydrogens is 408 g/mol. The summed E-state index contributed by atoms with van der Waals surface area (Å²) >= 11 is 0. The smallest absolute Gasteiger partial charge is 0.340 e. The van der Waals surface area contributed by atoms with Crippen molar-refractivity contribution in [3.8, 4) is 22.9 Å². The second-order valence-corrected chi connectivity index (χ2v) is 7.04. The number of rotatable bonds is 7. The van der Waals surface area contributed by atoms with Crippen molar-refractivity contribution in [2.24, 2.45) is 0 Å². The number of ether oxygens (including phenoxy) is 1. The van der Waals surface area contributed by atoms with Gasteiger partial charge in [-0.1, -0.05) is 42.5 Å². The number of H-pyrrole nitrogens is 1. The molecule has 0 aliphatic heterocycles. The number of nitrogens with zero attached hydrogens (tertiary/aromatic N) is 1. The molecule has 0 amide bonds. The number of hydrogen-bond acceptors (Lipinski definition) is 5. The van der Waals surface area contributed by atoms with Crippen LogP contribution in [0.5, 0.6) is 11.5 Å². The number of nitrogens with one attached hydrogen (secondary N) is 1. The van der Waals surface area contributed by atoms with Gasteiger partial charge < -0.3 is 25.7 Å². The number of aliphatic hydroxyl groups is 1. The highest BCUT2D eigenvalue weighted by atomic mass is 16.5. The van der Waals surface area contributed by atoms with Gasteiger partial charge in [-0.25, -0.2) is 9.78 Å². The first-order valence-electron chi connectivity index (χ1n) is 9.75. The van der Waals surface area contributed by atoms with E-state index in [9.17, 15) is 15.0 Å². The van der Waals surface area contributed by atoms with E-state index < -0.39 is 12.1 Å². The summed E-state index contributed by atoms with van der Waals surface area (Å²) in [6, 6.07) is 19.3. The molecule has 0 spiro atoms. The number of aromatic amines is 1. The van der Waals surface area contributed by atoms with Gasteiger partial charge in [0.1, 0.15) is 29.0 Å². The summed E-state index contributed by atoms with van der Waals surface area (Å²) < 4.78 is 5.85. The molecule has 0 aliphatic carbocycles. The largest absolute Gasteiger partial charge is 0.478 e. The second kappa shape index (κ2) is 8.75. The Morgan fingerprint density at radius 1 is 1.12 bits per heavy atom. The standard InChI is InChI=1S/C24H20N4O4/c25-12-17-18(26)9-10-20(21(17)24(30)31)32-16-8-4-7-15(11-16)23-27-13-19(28-23)22(29)14-5-2-1-3-6-14/h1-13,22,25,29H,26H2,(H,27,28)(H,30,31)/p+1. The molecule has 32 heavy (non-hydrogen) atoms. The topological polar surface area (TPSA) is 147 Å². The van der Waals surface area contributed by atoms with Crippen LogP contribution in [0.2, 0.25) is 0 Å². The predicted molar refractivity (Wildman–Crippen MR) is 120 cm³/mol. The molecule has 1 atom stereocenters. The number of aliphatic hydroxyl groups excluding tert-OH is 1. The number of carbonyl (C=O) groups is 1. The molecule has 0 fully saturated rings. The molecule has 0 bridgehead atoms. The Balaban J connectivity index is 1.63.